The van der Waals surface area contributed by atoms with E-state index in [9.17, 15) is 14.9 Å². The summed E-state index contributed by atoms with van der Waals surface area (Å²) in [5.41, 5.74) is 0.0396. The molecule has 1 amide bonds. The van der Waals surface area contributed by atoms with Gasteiger partial charge in [-0.3, -0.25) is 14.9 Å². The van der Waals surface area contributed by atoms with Crippen molar-refractivity contribution in [1.29, 1.82) is 0 Å². The number of benzene rings is 1. The van der Waals surface area contributed by atoms with Crippen LogP contribution in [0.2, 0.25) is 0 Å². The highest BCUT2D eigenvalue weighted by molar-refractivity contribution is 7.20. The van der Waals surface area contributed by atoms with Crippen molar-refractivity contribution in [2.75, 3.05) is 6.54 Å². The second-order valence-electron chi connectivity index (χ2n) is 3.45. The highest BCUT2D eigenvalue weighted by Crippen LogP contribution is 2.28. The predicted molar refractivity (Wildman–Crippen MR) is 66.5 cm³/mol. The molecule has 0 atom stereocenters. The van der Waals surface area contributed by atoms with Gasteiger partial charge in [0.1, 0.15) is 0 Å². The molecule has 1 heterocycles. The molecule has 2 aromatic rings. The van der Waals surface area contributed by atoms with Crippen molar-refractivity contribution in [3.8, 4) is 0 Å². The Morgan fingerprint density at radius 3 is 2.88 bits per heavy atom. The Kier molecular flexibility index (Phi) is 3.06. The maximum Gasteiger partial charge on any atom is 0.270 e. The summed E-state index contributed by atoms with van der Waals surface area (Å²) in [7, 11) is 0. The van der Waals surface area contributed by atoms with E-state index < -0.39 is 4.92 Å². The van der Waals surface area contributed by atoms with Gasteiger partial charge in [0.15, 0.2) is 0 Å². The molecule has 2 rings (SSSR count). The van der Waals surface area contributed by atoms with Crippen LogP contribution in [0.4, 0.5) is 5.69 Å². The summed E-state index contributed by atoms with van der Waals surface area (Å²) in [4.78, 5) is 22.3. The fourth-order valence-corrected chi connectivity index (χ4v) is 2.46. The topological polar surface area (TPSA) is 72.2 Å². The number of carbonyl (C=O) groups is 1. The van der Waals surface area contributed by atoms with Crippen molar-refractivity contribution in [2.24, 2.45) is 0 Å². The monoisotopic (exact) mass is 250 g/mol. The Morgan fingerprint density at radius 2 is 2.24 bits per heavy atom. The number of rotatable bonds is 3. The third kappa shape index (κ3) is 2.26. The quantitative estimate of drug-likeness (QED) is 0.672. The lowest BCUT2D eigenvalue weighted by Crippen LogP contribution is -2.21. The van der Waals surface area contributed by atoms with Crippen molar-refractivity contribution in [3.63, 3.8) is 0 Å². The molecule has 0 aliphatic heterocycles. The average Bonchev–Trinajstić information content (AvgIpc) is 2.71. The summed E-state index contributed by atoms with van der Waals surface area (Å²) in [5, 5.41) is 14.0. The molecule has 0 saturated heterocycles. The van der Waals surface area contributed by atoms with Crippen LogP contribution in [-0.4, -0.2) is 17.4 Å². The minimum Gasteiger partial charge on any atom is -0.352 e. The number of thiophene rings is 1. The number of hydrogen-bond acceptors (Lipinski definition) is 4. The minimum atomic E-state index is -0.442. The predicted octanol–water partition coefficient (Wildman–Crippen LogP) is 2.56. The number of nitro benzene ring substituents is 1. The first-order valence-corrected chi connectivity index (χ1v) is 5.89. The number of amides is 1. The standard InChI is InChI=1S/C11H10N2O3S/c1-2-12-11(14)10-6-7-5-8(13(15)16)3-4-9(7)17-10/h3-6H,2H2,1H3,(H,12,14). The van der Waals surface area contributed by atoms with Crippen LogP contribution in [0.25, 0.3) is 10.1 Å². The molecule has 0 aliphatic rings. The van der Waals surface area contributed by atoms with Gasteiger partial charge in [-0.05, 0) is 19.1 Å². The lowest BCUT2D eigenvalue weighted by Gasteiger charge is -1.95. The molecule has 0 radical (unpaired) electrons. The van der Waals surface area contributed by atoms with E-state index in [4.69, 9.17) is 0 Å². The number of nitrogens with one attached hydrogen (secondary N) is 1. The molecule has 0 bridgehead atoms. The first-order valence-electron chi connectivity index (χ1n) is 5.08. The highest BCUT2D eigenvalue weighted by Gasteiger charge is 2.12. The van der Waals surface area contributed by atoms with Gasteiger partial charge >= 0.3 is 0 Å². The van der Waals surface area contributed by atoms with Crippen molar-refractivity contribution >= 4 is 33.0 Å². The molecule has 1 N–H and O–H groups in total. The van der Waals surface area contributed by atoms with E-state index in [1.54, 1.807) is 12.1 Å². The third-order valence-corrected chi connectivity index (χ3v) is 3.39. The number of fused-ring (bicyclic) bond motifs is 1. The first-order chi connectivity index (χ1) is 8.11. The van der Waals surface area contributed by atoms with Gasteiger partial charge in [0.2, 0.25) is 0 Å². The number of nitro groups is 1. The zero-order chi connectivity index (χ0) is 12.4. The van der Waals surface area contributed by atoms with Crippen LogP contribution in [0.3, 0.4) is 0 Å². The van der Waals surface area contributed by atoms with Crippen LogP contribution in [-0.2, 0) is 0 Å². The van der Waals surface area contributed by atoms with Crippen molar-refractivity contribution in [2.45, 2.75) is 6.92 Å². The Hall–Kier alpha value is -1.95. The molecule has 0 spiro atoms. The van der Waals surface area contributed by atoms with Gasteiger partial charge in [-0.15, -0.1) is 11.3 Å². The first kappa shape index (κ1) is 11.5. The molecule has 0 saturated carbocycles. The van der Waals surface area contributed by atoms with Crippen molar-refractivity contribution < 1.29 is 9.72 Å². The van der Waals surface area contributed by atoms with Gasteiger partial charge in [-0.25, -0.2) is 0 Å². The highest BCUT2D eigenvalue weighted by atomic mass is 32.1. The fourth-order valence-electron chi connectivity index (χ4n) is 1.50. The molecule has 5 nitrogen and oxygen atoms in total. The van der Waals surface area contributed by atoms with Crippen LogP contribution in [0.5, 0.6) is 0 Å². The molecule has 88 valence electrons. The Morgan fingerprint density at radius 1 is 1.47 bits per heavy atom. The van der Waals surface area contributed by atoms with E-state index in [2.05, 4.69) is 5.32 Å². The van der Waals surface area contributed by atoms with Crippen molar-refractivity contribution in [3.05, 3.63) is 39.3 Å². The summed E-state index contributed by atoms with van der Waals surface area (Å²) in [6, 6.07) is 6.27. The molecule has 6 heteroatoms. The smallest absolute Gasteiger partial charge is 0.270 e. The van der Waals surface area contributed by atoms with Crippen LogP contribution >= 0.6 is 11.3 Å². The number of hydrogen-bond donors (Lipinski definition) is 1. The minimum absolute atomic E-state index is 0.0396. The van der Waals surface area contributed by atoms with Crippen LogP contribution in [0, 0.1) is 10.1 Å². The molecule has 1 aromatic heterocycles. The maximum atomic E-state index is 11.6. The van der Waals surface area contributed by atoms with Gasteiger partial charge < -0.3 is 5.32 Å². The van der Waals surface area contributed by atoms with Gasteiger partial charge in [-0.1, -0.05) is 0 Å². The molecule has 17 heavy (non-hydrogen) atoms. The molecule has 0 fully saturated rings. The Balaban J connectivity index is 2.43. The van der Waals surface area contributed by atoms with Crippen molar-refractivity contribution in [1.82, 2.24) is 5.32 Å². The van der Waals surface area contributed by atoms with E-state index in [0.29, 0.717) is 11.4 Å². The van der Waals surface area contributed by atoms with Gasteiger partial charge in [0, 0.05) is 28.8 Å². The second-order valence-corrected chi connectivity index (χ2v) is 4.53. The third-order valence-electron chi connectivity index (χ3n) is 2.27. The average molecular weight is 250 g/mol. The number of nitrogens with zero attached hydrogens (tertiary/aromatic N) is 1. The van der Waals surface area contributed by atoms with E-state index in [0.717, 1.165) is 10.1 Å². The second kappa shape index (κ2) is 4.50. The van der Waals surface area contributed by atoms with Gasteiger partial charge in [-0.2, -0.15) is 0 Å². The summed E-state index contributed by atoms with van der Waals surface area (Å²) in [6.07, 6.45) is 0. The maximum absolute atomic E-state index is 11.6. The Bertz CT molecular complexity index is 591. The SMILES string of the molecule is CCNC(=O)c1cc2cc([N+](=O)[O-])ccc2s1. The Labute approximate surface area is 101 Å². The number of non-ortho nitro benzene ring substituents is 1. The van der Waals surface area contributed by atoms with E-state index in [-0.39, 0.29) is 11.6 Å². The molecule has 0 aliphatic carbocycles. The van der Waals surface area contributed by atoms with Crippen LogP contribution < -0.4 is 5.32 Å². The normalized spacial score (nSPS) is 10.4. The van der Waals surface area contributed by atoms with E-state index in [1.165, 1.54) is 23.5 Å². The molecular formula is C11H10N2O3S. The lowest BCUT2D eigenvalue weighted by atomic mass is 10.2. The lowest BCUT2D eigenvalue weighted by molar-refractivity contribution is -0.384. The largest absolute Gasteiger partial charge is 0.352 e. The zero-order valence-electron chi connectivity index (χ0n) is 9.10. The summed E-state index contributed by atoms with van der Waals surface area (Å²) >= 11 is 1.33. The van der Waals surface area contributed by atoms with E-state index in [1.807, 2.05) is 6.92 Å². The summed E-state index contributed by atoms with van der Waals surface area (Å²) in [6.45, 7) is 2.41. The summed E-state index contributed by atoms with van der Waals surface area (Å²) in [5.74, 6) is -0.142. The van der Waals surface area contributed by atoms with Gasteiger partial charge in [0.25, 0.3) is 11.6 Å². The molecular weight excluding hydrogens is 240 g/mol. The fraction of sp³-hybridized carbons (Fsp3) is 0.182. The van der Waals surface area contributed by atoms with Crippen LogP contribution in [0.1, 0.15) is 16.6 Å². The number of carbonyl (C=O) groups excluding carboxylic acids is 1. The van der Waals surface area contributed by atoms with Gasteiger partial charge in [0.05, 0.1) is 9.80 Å². The summed E-state index contributed by atoms with van der Waals surface area (Å²) < 4.78 is 0.872. The molecule has 0 unspecified atom stereocenters. The zero-order valence-corrected chi connectivity index (χ0v) is 9.91. The molecule has 1 aromatic carbocycles. The van der Waals surface area contributed by atoms with Crippen LogP contribution in [0.15, 0.2) is 24.3 Å². The van der Waals surface area contributed by atoms with E-state index >= 15 is 0 Å².